The van der Waals surface area contributed by atoms with Crippen LogP contribution in [0.15, 0.2) is 40.4 Å². The number of esters is 1. The number of benzene rings is 1. The van der Waals surface area contributed by atoms with Crippen molar-refractivity contribution < 1.29 is 14.1 Å². The summed E-state index contributed by atoms with van der Waals surface area (Å²) in [6.45, 7) is 3.48. The van der Waals surface area contributed by atoms with Gasteiger partial charge < -0.3 is 9.26 Å². The van der Waals surface area contributed by atoms with Crippen LogP contribution in [0.3, 0.4) is 0 Å². The molecule has 7 heteroatoms. The van der Waals surface area contributed by atoms with Gasteiger partial charge in [0.1, 0.15) is 4.88 Å². The zero-order chi connectivity index (χ0) is 15.5. The minimum atomic E-state index is -0.739. The lowest BCUT2D eigenvalue weighted by Crippen LogP contribution is -2.13. The molecule has 0 N–H and O–H groups in total. The number of hydrogen-bond donors (Lipinski definition) is 0. The van der Waals surface area contributed by atoms with Crippen LogP contribution in [-0.2, 0) is 4.74 Å². The number of carbonyl (C=O) groups is 1. The van der Waals surface area contributed by atoms with Crippen LogP contribution in [-0.4, -0.2) is 21.1 Å². The molecule has 3 rings (SSSR count). The highest BCUT2D eigenvalue weighted by molar-refractivity contribution is 7.11. The molecule has 1 unspecified atom stereocenters. The van der Waals surface area contributed by atoms with E-state index in [1.165, 1.54) is 11.3 Å². The molecule has 0 aliphatic rings. The number of thiazole rings is 1. The topological polar surface area (TPSA) is 78.1 Å². The highest BCUT2D eigenvalue weighted by Gasteiger charge is 2.26. The van der Waals surface area contributed by atoms with Crippen LogP contribution < -0.4 is 0 Å². The molecule has 0 spiro atoms. The number of nitrogens with zero attached hydrogens (tertiary/aromatic N) is 3. The van der Waals surface area contributed by atoms with Crippen LogP contribution in [0.1, 0.15) is 38.7 Å². The Morgan fingerprint density at radius 2 is 2.05 bits per heavy atom. The first kappa shape index (κ1) is 14.4. The fourth-order valence-corrected chi connectivity index (χ4v) is 2.65. The van der Waals surface area contributed by atoms with Gasteiger partial charge in [-0.05, 0) is 13.8 Å². The van der Waals surface area contributed by atoms with Crippen molar-refractivity contribution in [2.45, 2.75) is 20.0 Å². The average Bonchev–Trinajstić information content (AvgIpc) is 3.14. The highest BCUT2D eigenvalue weighted by Crippen LogP contribution is 2.27. The summed E-state index contributed by atoms with van der Waals surface area (Å²) in [4.78, 5) is 21.1. The number of rotatable bonds is 4. The van der Waals surface area contributed by atoms with Crippen LogP contribution >= 0.6 is 11.3 Å². The summed E-state index contributed by atoms with van der Waals surface area (Å²) in [7, 11) is 0. The lowest BCUT2D eigenvalue weighted by Gasteiger charge is -2.14. The molecule has 0 radical (unpaired) electrons. The molecule has 0 aliphatic carbocycles. The maximum absolute atomic E-state index is 12.3. The van der Waals surface area contributed by atoms with Gasteiger partial charge in [0, 0.05) is 5.56 Å². The lowest BCUT2D eigenvalue weighted by atomic mass is 10.1. The largest absolute Gasteiger partial charge is 0.443 e. The molecule has 6 nitrogen and oxygen atoms in total. The summed E-state index contributed by atoms with van der Waals surface area (Å²) in [5, 5.41) is 3.76. The Labute approximate surface area is 130 Å². The van der Waals surface area contributed by atoms with Crippen molar-refractivity contribution in [3.63, 3.8) is 0 Å². The molecule has 0 aliphatic heterocycles. The lowest BCUT2D eigenvalue weighted by molar-refractivity contribution is 0.0319. The number of aromatic nitrogens is 3. The normalized spacial score (nSPS) is 12.1. The Bertz CT molecular complexity index is 782. The smallest absolute Gasteiger partial charge is 0.351 e. The van der Waals surface area contributed by atoms with Gasteiger partial charge in [-0.1, -0.05) is 35.5 Å². The van der Waals surface area contributed by atoms with E-state index in [1.54, 1.807) is 19.4 Å². The molecule has 3 aromatic rings. The Morgan fingerprint density at radius 3 is 2.64 bits per heavy atom. The Kier molecular flexibility index (Phi) is 3.97. The summed E-state index contributed by atoms with van der Waals surface area (Å²) in [6, 6.07) is 9.29. The van der Waals surface area contributed by atoms with Crippen LogP contribution in [0.2, 0.25) is 0 Å². The number of ether oxygens (including phenoxy) is 1. The molecule has 0 saturated heterocycles. The van der Waals surface area contributed by atoms with Gasteiger partial charge in [-0.3, -0.25) is 0 Å². The van der Waals surface area contributed by atoms with E-state index in [0.717, 1.165) is 5.56 Å². The van der Waals surface area contributed by atoms with Crippen LogP contribution in [0.4, 0.5) is 0 Å². The van der Waals surface area contributed by atoms with Gasteiger partial charge in [-0.25, -0.2) is 9.78 Å². The molecule has 112 valence electrons. The van der Waals surface area contributed by atoms with Crippen LogP contribution in [0, 0.1) is 13.8 Å². The first-order valence-corrected chi connectivity index (χ1v) is 7.49. The van der Waals surface area contributed by atoms with Crippen molar-refractivity contribution in [1.82, 2.24) is 15.1 Å². The maximum atomic E-state index is 12.3. The van der Waals surface area contributed by atoms with Crippen molar-refractivity contribution in [3.05, 3.63) is 63.7 Å². The van der Waals surface area contributed by atoms with E-state index in [9.17, 15) is 4.79 Å². The zero-order valence-electron chi connectivity index (χ0n) is 12.0. The highest BCUT2D eigenvalue weighted by atomic mass is 32.1. The van der Waals surface area contributed by atoms with E-state index in [2.05, 4.69) is 15.1 Å². The van der Waals surface area contributed by atoms with Crippen molar-refractivity contribution in [1.29, 1.82) is 0 Å². The predicted octanol–water partition coefficient (Wildman–Crippen LogP) is 3.09. The summed E-state index contributed by atoms with van der Waals surface area (Å²) in [6.07, 6.45) is -0.739. The summed E-state index contributed by atoms with van der Waals surface area (Å²) in [5.74, 6) is 0.282. The SMILES string of the molecule is Cc1noc(C(OC(=O)c2scnc2C)c2ccccc2)n1. The third-order valence-electron chi connectivity index (χ3n) is 3.03. The number of aryl methyl sites for hydroxylation is 2. The molecule has 2 aromatic heterocycles. The third-order valence-corrected chi connectivity index (χ3v) is 3.93. The standard InChI is InChI=1S/C15H13N3O3S/c1-9-13(22-8-16-9)15(19)20-12(11-6-4-3-5-7-11)14-17-10(2)18-21-14/h3-8,12H,1-2H3. The fourth-order valence-electron chi connectivity index (χ4n) is 1.97. The average molecular weight is 315 g/mol. The minimum absolute atomic E-state index is 0.249. The molecule has 1 aromatic carbocycles. The van der Waals surface area contributed by atoms with Crippen molar-refractivity contribution in [3.8, 4) is 0 Å². The third kappa shape index (κ3) is 2.89. The molecule has 1 atom stereocenters. The summed E-state index contributed by atoms with van der Waals surface area (Å²) < 4.78 is 10.8. The second-order valence-electron chi connectivity index (χ2n) is 4.64. The van der Waals surface area contributed by atoms with E-state index in [1.807, 2.05) is 30.3 Å². The van der Waals surface area contributed by atoms with Gasteiger partial charge in [0.05, 0.1) is 11.2 Å². The van der Waals surface area contributed by atoms with Gasteiger partial charge in [0.15, 0.2) is 5.82 Å². The first-order chi connectivity index (χ1) is 10.6. The van der Waals surface area contributed by atoms with Crippen LogP contribution in [0.25, 0.3) is 0 Å². The van der Waals surface area contributed by atoms with Gasteiger partial charge in [0.2, 0.25) is 6.10 Å². The van der Waals surface area contributed by atoms with Crippen molar-refractivity contribution in [2.75, 3.05) is 0 Å². The van der Waals surface area contributed by atoms with Gasteiger partial charge in [0.25, 0.3) is 5.89 Å². The van der Waals surface area contributed by atoms with E-state index >= 15 is 0 Å². The molecular weight excluding hydrogens is 302 g/mol. The minimum Gasteiger partial charge on any atom is -0.443 e. The first-order valence-electron chi connectivity index (χ1n) is 6.61. The molecule has 0 bridgehead atoms. The Hall–Kier alpha value is -2.54. The number of hydrogen-bond acceptors (Lipinski definition) is 7. The van der Waals surface area contributed by atoms with E-state index in [4.69, 9.17) is 9.26 Å². The summed E-state index contributed by atoms with van der Waals surface area (Å²) >= 11 is 1.24. The molecule has 0 fully saturated rings. The Balaban J connectivity index is 1.93. The Morgan fingerprint density at radius 1 is 1.27 bits per heavy atom. The maximum Gasteiger partial charge on any atom is 0.351 e. The number of carbonyl (C=O) groups excluding carboxylic acids is 1. The van der Waals surface area contributed by atoms with Gasteiger partial charge in [-0.15, -0.1) is 11.3 Å². The summed E-state index contributed by atoms with van der Waals surface area (Å²) in [5.41, 5.74) is 3.02. The molecule has 22 heavy (non-hydrogen) atoms. The quantitative estimate of drug-likeness (QED) is 0.688. The molecule has 0 amide bonds. The molecular formula is C15H13N3O3S. The molecule has 2 heterocycles. The van der Waals surface area contributed by atoms with E-state index in [0.29, 0.717) is 16.4 Å². The van der Waals surface area contributed by atoms with E-state index in [-0.39, 0.29) is 5.89 Å². The second-order valence-corrected chi connectivity index (χ2v) is 5.50. The zero-order valence-corrected chi connectivity index (χ0v) is 12.8. The van der Waals surface area contributed by atoms with Gasteiger partial charge >= 0.3 is 5.97 Å². The predicted molar refractivity (Wildman–Crippen MR) is 79.6 cm³/mol. The molecule has 0 saturated carbocycles. The monoisotopic (exact) mass is 315 g/mol. The van der Waals surface area contributed by atoms with Crippen molar-refractivity contribution in [2.24, 2.45) is 0 Å². The fraction of sp³-hybridized carbons (Fsp3) is 0.200. The van der Waals surface area contributed by atoms with Crippen molar-refractivity contribution >= 4 is 17.3 Å². The van der Waals surface area contributed by atoms with Crippen LogP contribution in [0.5, 0.6) is 0 Å². The van der Waals surface area contributed by atoms with Gasteiger partial charge in [-0.2, -0.15) is 4.98 Å². The van der Waals surface area contributed by atoms with E-state index < -0.39 is 12.1 Å². The second kappa shape index (κ2) is 6.07.